The standard InChI is InChI=1S/C15H21NS/c1-2-7-14(8-3-1)17-12-13-6-4-10-16-11-5-9-15(13)16/h1-3,7-8,13,15H,4-6,9-12H2/t13-,15+/m0/s1. The topological polar surface area (TPSA) is 3.24 Å². The molecule has 17 heavy (non-hydrogen) atoms. The number of piperidine rings is 1. The fourth-order valence-corrected chi connectivity index (χ4v) is 4.47. The van der Waals surface area contributed by atoms with E-state index in [0.29, 0.717) is 0 Å². The summed E-state index contributed by atoms with van der Waals surface area (Å²) >= 11 is 2.05. The Hall–Kier alpha value is -0.470. The highest BCUT2D eigenvalue weighted by Gasteiger charge is 2.34. The molecule has 1 aromatic rings. The van der Waals surface area contributed by atoms with Crippen molar-refractivity contribution in [2.45, 2.75) is 36.6 Å². The molecule has 3 rings (SSSR count). The van der Waals surface area contributed by atoms with Gasteiger partial charge in [-0.05, 0) is 56.8 Å². The zero-order valence-corrected chi connectivity index (χ0v) is 11.2. The molecule has 0 N–H and O–H groups in total. The van der Waals surface area contributed by atoms with Crippen LogP contribution in [0.4, 0.5) is 0 Å². The van der Waals surface area contributed by atoms with Crippen molar-refractivity contribution < 1.29 is 0 Å². The molecule has 2 atom stereocenters. The van der Waals surface area contributed by atoms with Crippen LogP contribution in [0.15, 0.2) is 35.2 Å². The number of thioether (sulfide) groups is 1. The van der Waals surface area contributed by atoms with Crippen molar-refractivity contribution >= 4 is 11.8 Å². The average molecular weight is 247 g/mol. The minimum atomic E-state index is 0.903. The average Bonchev–Trinajstić information content (AvgIpc) is 2.86. The fraction of sp³-hybridized carbons (Fsp3) is 0.600. The van der Waals surface area contributed by atoms with Crippen molar-refractivity contribution in [2.75, 3.05) is 18.8 Å². The highest BCUT2D eigenvalue weighted by atomic mass is 32.2. The first-order valence-electron chi connectivity index (χ1n) is 6.85. The number of rotatable bonds is 3. The predicted molar refractivity (Wildman–Crippen MR) is 74.5 cm³/mol. The van der Waals surface area contributed by atoms with Crippen molar-refractivity contribution in [3.63, 3.8) is 0 Å². The molecular formula is C15H21NS. The zero-order valence-electron chi connectivity index (χ0n) is 10.3. The van der Waals surface area contributed by atoms with Gasteiger partial charge in [0, 0.05) is 16.7 Å². The van der Waals surface area contributed by atoms with Gasteiger partial charge in [-0.15, -0.1) is 11.8 Å². The van der Waals surface area contributed by atoms with E-state index in [0.717, 1.165) is 12.0 Å². The van der Waals surface area contributed by atoms with E-state index in [-0.39, 0.29) is 0 Å². The SMILES string of the molecule is c1ccc(SC[C@@H]2CCCN3CCC[C@H]23)cc1. The lowest BCUT2D eigenvalue weighted by Crippen LogP contribution is -2.41. The molecule has 0 unspecified atom stereocenters. The van der Waals surface area contributed by atoms with Crippen molar-refractivity contribution in [1.82, 2.24) is 4.90 Å². The van der Waals surface area contributed by atoms with E-state index in [1.807, 2.05) is 11.8 Å². The van der Waals surface area contributed by atoms with Crippen molar-refractivity contribution in [3.05, 3.63) is 30.3 Å². The van der Waals surface area contributed by atoms with Gasteiger partial charge in [0.1, 0.15) is 0 Å². The molecule has 0 saturated carbocycles. The third-order valence-corrected chi connectivity index (χ3v) is 5.39. The Morgan fingerprint density at radius 1 is 1.06 bits per heavy atom. The maximum atomic E-state index is 2.74. The molecule has 2 heteroatoms. The maximum Gasteiger partial charge on any atom is 0.0132 e. The lowest BCUT2D eigenvalue weighted by molar-refractivity contribution is 0.147. The van der Waals surface area contributed by atoms with Gasteiger partial charge in [-0.25, -0.2) is 0 Å². The molecule has 2 fully saturated rings. The van der Waals surface area contributed by atoms with Crippen LogP contribution in [0.1, 0.15) is 25.7 Å². The van der Waals surface area contributed by atoms with E-state index in [4.69, 9.17) is 0 Å². The third-order valence-electron chi connectivity index (χ3n) is 4.19. The van der Waals surface area contributed by atoms with Crippen LogP contribution in [-0.2, 0) is 0 Å². The van der Waals surface area contributed by atoms with Crippen LogP contribution in [0.25, 0.3) is 0 Å². The normalized spacial score (nSPS) is 29.2. The van der Waals surface area contributed by atoms with Crippen molar-refractivity contribution in [2.24, 2.45) is 5.92 Å². The lowest BCUT2D eigenvalue weighted by atomic mass is 9.91. The second-order valence-electron chi connectivity index (χ2n) is 5.27. The summed E-state index contributed by atoms with van der Waals surface area (Å²) in [5.41, 5.74) is 0. The second-order valence-corrected chi connectivity index (χ2v) is 6.37. The van der Waals surface area contributed by atoms with E-state index in [9.17, 15) is 0 Å². The number of nitrogens with zero attached hydrogens (tertiary/aromatic N) is 1. The first kappa shape index (κ1) is 11.6. The maximum absolute atomic E-state index is 2.74. The molecule has 2 heterocycles. The zero-order chi connectivity index (χ0) is 11.5. The van der Waals surface area contributed by atoms with Crippen LogP contribution in [-0.4, -0.2) is 29.8 Å². The second kappa shape index (κ2) is 5.45. The summed E-state index contributed by atoms with van der Waals surface area (Å²) in [4.78, 5) is 4.17. The van der Waals surface area contributed by atoms with Crippen LogP contribution in [0, 0.1) is 5.92 Å². The minimum absolute atomic E-state index is 0.903. The molecule has 1 nitrogen and oxygen atoms in total. The Morgan fingerprint density at radius 3 is 2.65 bits per heavy atom. The molecule has 0 radical (unpaired) electrons. The Morgan fingerprint density at radius 2 is 1.82 bits per heavy atom. The lowest BCUT2D eigenvalue weighted by Gasteiger charge is -2.36. The van der Waals surface area contributed by atoms with Crippen LogP contribution in [0.2, 0.25) is 0 Å². The highest BCUT2D eigenvalue weighted by molar-refractivity contribution is 7.99. The third kappa shape index (κ3) is 2.69. The Bertz CT molecular complexity index is 351. The van der Waals surface area contributed by atoms with E-state index in [1.165, 1.54) is 49.4 Å². The van der Waals surface area contributed by atoms with Gasteiger partial charge < -0.3 is 4.90 Å². The molecule has 1 aromatic carbocycles. The molecule has 0 spiro atoms. The van der Waals surface area contributed by atoms with Crippen LogP contribution in [0.3, 0.4) is 0 Å². The molecule has 0 aromatic heterocycles. The van der Waals surface area contributed by atoms with Gasteiger partial charge in [0.05, 0.1) is 0 Å². The van der Waals surface area contributed by atoms with Crippen molar-refractivity contribution in [1.29, 1.82) is 0 Å². The van der Waals surface area contributed by atoms with E-state index in [1.54, 1.807) is 0 Å². The summed E-state index contributed by atoms with van der Waals surface area (Å²) in [6, 6.07) is 11.8. The summed E-state index contributed by atoms with van der Waals surface area (Å²) in [5, 5.41) is 0. The Balaban J connectivity index is 1.57. The smallest absolute Gasteiger partial charge is 0.0132 e. The molecule has 2 saturated heterocycles. The quantitative estimate of drug-likeness (QED) is 0.750. The van der Waals surface area contributed by atoms with Gasteiger partial charge in [-0.2, -0.15) is 0 Å². The van der Waals surface area contributed by atoms with E-state index >= 15 is 0 Å². The Labute approximate surface area is 109 Å². The van der Waals surface area contributed by atoms with Gasteiger partial charge in [0.25, 0.3) is 0 Å². The summed E-state index contributed by atoms with van der Waals surface area (Å²) in [6.07, 6.45) is 5.73. The fourth-order valence-electron chi connectivity index (χ4n) is 3.33. The molecule has 92 valence electrons. The van der Waals surface area contributed by atoms with Crippen molar-refractivity contribution in [3.8, 4) is 0 Å². The first-order valence-corrected chi connectivity index (χ1v) is 7.84. The summed E-state index contributed by atoms with van der Waals surface area (Å²) in [5.74, 6) is 2.24. The number of hydrogen-bond donors (Lipinski definition) is 0. The van der Waals surface area contributed by atoms with Crippen LogP contribution in [0.5, 0.6) is 0 Å². The summed E-state index contributed by atoms with van der Waals surface area (Å²) < 4.78 is 0. The van der Waals surface area contributed by atoms with Gasteiger partial charge in [-0.3, -0.25) is 0 Å². The van der Waals surface area contributed by atoms with Gasteiger partial charge >= 0.3 is 0 Å². The van der Waals surface area contributed by atoms with Gasteiger partial charge in [-0.1, -0.05) is 18.2 Å². The monoisotopic (exact) mass is 247 g/mol. The Kier molecular flexibility index (Phi) is 3.72. The molecule has 0 aliphatic carbocycles. The van der Waals surface area contributed by atoms with E-state index in [2.05, 4.69) is 35.2 Å². The molecule has 2 aliphatic rings. The van der Waals surface area contributed by atoms with E-state index < -0.39 is 0 Å². The number of benzene rings is 1. The summed E-state index contributed by atoms with van der Waals surface area (Å²) in [6.45, 7) is 2.72. The molecule has 2 aliphatic heterocycles. The first-order chi connectivity index (χ1) is 8.43. The molecule has 0 amide bonds. The van der Waals surface area contributed by atoms with Gasteiger partial charge in [0.15, 0.2) is 0 Å². The minimum Gasteiger partial charge on any atom is -0.300 e. The largest absolute Gasteiger partial charge is 0.300 e. The highest BCUT2D eigenvalue weighted by Crippen LogP contribution is 2.35. The number of hydrogen-bond acceptors (Lipinski definition) is 2. The number of fused-ring (bicyclic) bond motifs is 1. The van der Waals surface area contributed by atoms with Gasteiger partial charge in [0.2, 0.25) is 0 Å². The molecule has 0 bridgehead atoms. The molecular weight excluding hydrogens is 226 g/mol. The van der Waals surface area contributed by atoms with Crippen LogP contribution >= 0.6 is 11.8 Å². The van der Waals surface area contributed by atoms with Crippen LogP contribution < -0.4 is 0 Å². The summed E-state index contributed by atoms with van der Waals surface area (Å²) in [7, 11) is 0. The predicted octanol–water partition coefficient (Wildman–Crippen LogP) is 3.65.